The van der Waals surface area contributed by atoms with Gasteiger partial charge in [-0.1, -0.05) is 42.1 Å². The number of rotatable bonds is 7. The number of thioether (sulfide) groups is 1. The van der Waals surface area contributed by atoms with Crippen LogP contribution in [0.2, 0.25) is 0 Å². The average Bonchev–Trinajstić information content (AvgIpc) is 3.51. The van der Waals surface area contributed by atoms with Crippen LogP contribution in [-0.2, 0) is 4.79 Å². The van der Waals surface area contributed by atoms with Crippen LogP contribution in [0.4, 0.5) is 0 Å². The molecule has 0 aliphatic heterocycles. The molecule has 1 atom stereocenters. The normalized spacial score (nSPS) is 18.6. The van der Waals surface area contributed by atoms with Crippen molar-refractivity contribution in [3.63, 3.8) is 0 Å². The number of carbonyl (C=O) groups is 1. The molecule has 1 aromatic heterocycles. The lowest BCUT2D eigenvalue weighted by Crippen LogP contribution is -2.31. The minimum Gasteiger partial charge on any atom is -0.348 e. The van der Waals surface area contributed by atoms with Crippen LogP contribution in [0.3, 0.4) is 0 Å². The van der Waals surface area contributed by atoms with E-state index < -0.39 is 0 Å². The third kappa shape index (κ3) is 3.55. The van der Waals surface area contributed by atoms with Crippen molar-refractivity contribution < 1.29 is 4.79 Å². The number of carbonyl (C=O) groups excluding carboxylic acids is 1. The minimum absolute atomic E-state index is 0.0427. The van der Waals surface area contributed by atoms with Gasteiger partial charge in [0.15, 0.2) is 0 Å². The summed E-state index contributed by atoms with van der Waals surface area (Å²) in [6.07, 6.45) is 4.63. The van der Waals surface area contributed by atoms with Crippen molar-refractivity contribution in [1.29, 1.82) is 0 Å². The molecule has 2 aliphatic rings. The topological polar surface area (TPSA) is 72.7 Å². The summed E-state index contributed by atoms with van der Waals surface area (Å²) >= 11 is 1.41. The highest BCUT2D eigenvalue weighted by atomic mass is 32.2. The number of tetrazole rings is 1. The number of hydrogen-bond acceptors (Lipinski definition) is 5. The van der Waals surface area contributed by atoms with Crippen molar-refractivity contribution in [2.24, 2.45) is 5.92 Å². The molecule has 2 saturated carbocycles. The molecule has 6 nitrogen and oxygen atoms in total. The molecule has 4 rings (SSSR count). The Bertz CT molecular complexity index is 681. The lowest BCUT2D eigenvalue weighted by Gasteiger charge is -2.18. The van der Waals surface area contributed by atoms with E-state index in [0.717, 1.165) is 18.0 Å². The molecule has 0 spiro atoms. The molecule has 2 fully saturated rings. The number of benzene rings is 1. The highest BCUT2D eigenvalue weighted by Crippen LogP contribution is 2.41. The Morgan fingerprint density at radius 3 is 2.74 bits per heavy atom. The zero-order valence-corrected chi connectivity index (χ0v) is 13.6. The third-order valence-electron chi connectivity index (χ3n) is 4.26. The van der Waals surface area contributed by atoms with E-state index in [-0.39, 0.29) is 11.9 Å². The van der Waals surface area contributed by atoms with Gasteiger partial charge >= 0.3 is 0 Å². The maximum atomic E-state index is 12.3. The van der Waals surface area contributed by atoms with Crippen LogP contribution in [0, 0.1) is 5.92 Å². The van der Waals surface area contributed by atoms with Crippen molar-refractivity contribution in [2.45, 2.75) is 42.9 Å². The lowest BCUT2D eigenvalue weighted by atomic mass is 10.0. The van der Waals surface area contributed by atoms with E-state index >= 15 is 0 Å². The van der Waals surface area contributed by atoms with Crippen LogP contribution in [0.5, 0.6) is 0 Å². The van der Waals surface area contributed by atoms with Crippen LogP contribution < -0.4 is 5.32 Å². The summed E-state index contributed by atoms with van der Waals surface area (Å²) in [5, 5.41) is 15.7. The zero-order chi connectivity index (χ0) is 15.6. The van der Waals surface area contributed by atoms with Crippen LogP contribution in [0.15, 0.2) is 35.5 Å². The smallest absolute Gasteiger partial charge is 0.230 e. The van der Waals surface area contributed by atoms with E-state index in [4.69, 9.17) is 0 Å². The van der Waals surface area contributed by atoms with Crippen LogP contribution in [0.1, 0.15) is 43.3 Å². The molecule has 120 valence electrons. The predicted molar refractivity (Wildman–Crippen MR) is 86.9 cm³/mol. The first-order chi connectivity index (χ1) is 11.3. The van der Waals surface area contributed by atoms with Gasteiger partial charge in [0.05, 0.1) is 17.8 Å². The van der Waals surface area contributed by atoms with Crippen molar-refractivity contribution >= 4 is 17.7 Å². The molecule has 1 unspecified atom stereocenters. The van der Waals surface area contributed by atoms with Gasteiger partial charge in [-0.2, -0.15) is 0 Å². The van der Waals surface area contributed by atoms with Gasteiger partial charge in [-0.05, 0) is 47.6 Å². The van der Waals surface area contributed by atoms with Gasteiger partial charge in [0, 0.05) is 0 Å². The molecule has 2 aliphatic carbocycles. The number of amides is 1. The maximum absolute atomic E-state index is 12.3. The maximum Gasteiger partial charge on any atom is 0.230 e. The van der Waals surface area contributed by atoms with Gasteiger partial charge < -0.3 is 5.32 Å². The summed E-state index contributed by atoms with van der Waals surface area (Å²) in [6, 6.07) is 10.8. The molecule has 0 radical (unpaired) electrons. The van der Waals surface area contributed by atoms with Crippen LogP contribution >= 0.6 is 11.8 Å². The Kier molecular flexibility index (Phi) is 4.03. The van der Waals surface area contributed by atoms with E-state index in [0.29, 0.717) is 17.7 Å². The van der Waals surface area contributed by atoms with Gasteiger partial charge in [0.1, 0.15) is 0 Å². The van der Waals surface area contributed by atoms with Crippen LogP contribution in [-0.4, -0.2) is 31.9 Å². The quantitative estimate of drug-likeness (QED) is 0.790. The summed E-state index contributed by atoms with van der Waals surface area (Å²) in [6.45, 7) is 0. The Hall–Kier alpha value is -1.89. The van der Waals surface area contributed by atoms with Gasteiger partial charge in [-0.25, -0.2) is 4.68 Å². The minimum atomic E-state index is 0.0427. The van der Waals surface area contributed by atoms with Crippen molar-refractivity contribution in [3.8, 4) is 0 Å². The summed E-state index contributed by atoms with van der Waals surface area (Å²) in [5.41, 5.74) is 1.19. The standard InChI is InChI=1S/C16H19N5OS/c22-14(10-23-16-18-19-20-21(16)13-8-9-13)17-15(12-6-7-12)11-4-2-1-3-5-11/h1-5,12-13,15H,6-10H2,(H,17,22). The first-order valence-corrected chi connectivity index (χ1v) is 9.05. The fourth-order valence-electron chi connectivity index (χ4n) is 2.74. The Morgan fingerprint density at radius 1 is 1.26 bits per heavy atom. The molecular formula is C16H19N5OS. The van der Waals surface area contributed by atoms with E-state index in [1.54, 1.807) is 0 Å². The molecule has 2 aromatic rings. The number of hydrogen-bond donors (Lipinski definition) is 1. The molecule has 0 saturated heterocycles. The fourth-order valence-corrected chi connectivity index (χ4v) is 3.49. The van der Waals surface area contributed by atoms with E-state index in [1.807, 2.05) is 22.9 Å². The van der Waals surface area contributed by atoms with Crippen LogP contribution in [0.25, 0.3) is 0 Å². The Labute approximate surface area is 139 Å². The SMILES string of the molecule is O=C(CSc1nnnn1C1CC1)NC(c1ccccc1)C1CC1. The monoisotopic (exact) mass is 329 g/mol. The van der Waals surface area contributed by atoms with Gasteiger partial charge in [0.25, 0.3) is 0 Å². The number of aromatic nitrogens is 4. The predicted octanol–water partition coefficient (Wildman–Crippen LogP) is 2.37. The van der Waals surface area contributed by atoms with Gasteiger partial charge in [0.2, 0.25) is 11.1 Å². The van der Waals surface area contributed by atoms with E-state index in [2.05, 4.69) is 33.0 Å². The second-order valence-electron chi connectivity index (χ2n) is 6.22. The highest BCUT2D eigenvalue weighted by molar-refractivity contribution is 7.99. The van der Waals surface area contributed by atoms with Gasteiger partial charge in [-0.15, -0.1) is 5.10 Å². The summed E-state index contributed by atoms with van der Waals surface area (Å²) < 4.78 is 1.84. The molecule has 0 bridgehead atoms. The summed E-state index contributed by atoms with van der Waals surface area (Å²) in [7, 11) is 0. The summed E-state index contributed by atoms with van der Waals surface area (Å²) in [4.78, 5) is 12.3. The second-order valence-corrected chi connectivity index (χ2v) is 7.16. The van der Waals surface area contributed by atoms with E-state index in [1.165, 1.54) is 30.2 Å². The van der Waals surface area contributed by atoms with Crippen molar-refractivity contribution in [3.05, 3.63) is 35.9 Å². The molecule has 1 N–H and O–H groups in total. The molecule has 1 aromatic carbocycles. The second kappa shape index (κ2) is 6.31. The largest absolute Gasteiger partial charge is 0.348 e. The molecule has 1 heterocycles. The first-order valence-electron chi connectivity index (χ1n) is 8.06. The number of nitrogens with one attached hydrogen (secondary N) is 1. The summed E-state index contributed by atoms with van der Waals surface area (Å²) in [5.74, 6) is 0.965. The average molecular weight is 329 g/mol. The highest BCUT2D eigenvalue weighted by Gasteiger charge is 2.33. The Balaban J connectivity index is 1.36. The van der Waals surface area contributed by atoms with Crippen molar-refractivity contribution in [2.75, 3.05) is 5.75 Å². The molecule has 1 amide bonds. The molecular weight excluding hydrogens is 310 g/mol. The Morgan fingerprint density at radius 2 is 2.04 bits per heavy atom. The van der Waals surface area contributed by atoms with Gasteiger partial charge in [-0.3, -0.25) is 4.79 Å². The molecule has 7 heteroatoms. The van der Waals surface area contributed by atoms with E-state index in [9.17, 15) is 4.79 Å². The zero-order valence-electron chi connectivity index (χ0n) is 12.8. The fraction of sp³-hybridized carbons (Fsp3) is 0.500. The third-order valence-corrected chi connectivity index (χ3v) is 5.19. The number of nitrogens with zero attached hydrogens (tertiary/aromatic N) is 4. The first kappa shape index (κ1) is 14.7. The van der Waals surface area contributed by atoms with Crippen molar-refractivity contribution in [1.82, 2.24) is 25.5 Å². The molecule has 23 heavy (non-hydrogen) atoms. The lowest BCUT2D eigenvalue weighted by molar-refractivity contribution is -0.119.